The molecular formula is C18H21ClN4O. The summed E-state index contributed by atoms with van der Waals surface area (Å²) in [6.45, 7) is 2.57. The first kappa shape index (κ1) is 16.9. The minimum Gasteiger partial charge on any atom is -0.349 e. The molecule has 24 heavy (non-hydrogen) atoms. The molecule has 126 valence electrons. The van der Waals surface area contributed by atoms with Crippen molar-refractivity contribution in [2.24, 2.45) is 0 Å². The number of hydrogen-bond donors (Lipinski definition) is 1. The number of hydrogen-bond acceptors (Lipinski definition) is 4. The van der Waals surface area contributed by atoms with E-state index in [0.717, 1.165) is 19.5 Å². The molecule has 0 radical (unpaired) electrons. The molecule has 5 nitrogen and oxygen atoms in total. The molecule has 1 aromatic heterocycles. The summed E-state index contributed by atoms with van der Waals surface area (Å²) >= 11 is 5.98. The van der Waals surface area contributed by atoms with Crippen molar-refractivity contribution >= 4 is 17.5 Å². The maximum Gasteiger partial charge on any atom is 0.271 e. The number of aromatic nitrogens is 2. The van der Waals surface area contributed by atoms with Crippen molar-refractivity contribution in [3.63, 3.8) is 0 Å². The molecule has 1 atom stereocenters. The molecule has 2 aromatic rings. The van der Waals surface area contributed by atoms with Crippen LogP contribution in [0.1, 0.15) is 35.3 Å². The predicted octanol–water partition coefficient (Wildman–Crippen LogP) is 2.91. The van der Waals surface area contributed by atoms with Gasteiger partial charge in [-0.1, -0.05) is 48.4 Å². The summed E-state index contributed by atoms with van der Waals surface area (Å²) in [5, 5.41) is 3.25. The Bertz CT molecular complexity index is 680. The highest BCUT2D eigenvalue weighted by molar-refractivity contribution is 6.33. The molecule has 1 aliphatic heterocycles. The van der Waals surface area contributed by atoms with Gasteiger partial charge in [-0.25, -0.2) is 9.97 Å². The van der Waals surface area contributed by atoms with Crippen molar-refractivity contribution in [2.45, 2.75) is 31.8 Å². The van der Waals surface area contributed by atoms with Gasteiger partial charge in [-0.3, -0.25) is 9.69 Å². The Kier molecular flexibility index (Phi) is 5.77. The molecule has 3 rings (SSSR count). The molecule has 1 aliphatic rings. The van der Waals surface area contributed by atoms with Crippen LogP contribution in [0.5, 0.6) is 0 Å². The summed E-state index contributed by atoms with van der Waals surface area (Å²) in [4.78, 5) is 22.5. The number of rotatable bonds is 5. The topological polar surface area (TPSA) is 58.1 Å². The first-order valence-corrected chi connectivity index (χ1v) is 8.63. The highest BCUT2D eigenvalue weighted by atomic mass is 35.5. The number of benzene rings is 1. The van der Waals surface area contributed by atoms with Crippen LogP contribution in [0.15, 0.2) is 42.9 Å². The molecule has 1 fully saturated rings. The maximum atomic E-state index is 12.3. The lowest BCUT2D eigenvalue weighted by Crippen LogP contribution is -2.46. The average molecular weight is 345 g/mol. The molecule has 0 unspecified atom stereocenters. The Balaban J connectivity index is 1.60. The molecule has 0 saturated carbocycles. The maximum absolute atomic E-state index is 12.3. The molecule has 1 amide bonds. The minimum absolute atomic E-state index is 0.233. The van der Waals surface area contributed by atoms with E-state index in [1.54, 1.807) is 0 Å². The van der Waals surface area contributed by atoms with Crippen LogP contribution in [0.3, 0.4) is 0 Å². The summed E-state index contributed by atoms with van der Waals surface area (Å²) < 4.78 is 0. The molecule has 0 spiro atoms. The first-order chi connectivity index (χ1) is 11.7. The van der Waals surface area contributed by atoms with Crippen molar-refractivity contribution in [1.82, 2.24) is 20.2 Å². The fourth-order valence-electron chi connectivity index (χ4n) is 3.09. The Morgan fingerprint density at radius 3 is 2.92 bits per heavy atom. The van der Waals surface area contributed by atoms with Gasteiger partial charge < -0.3 is 5.32 Å². The minimum atomic E-state index is -0.243. The van der Waals surface area contributed by atoms with Crippen molar-refractivity contribution in [2.75, 3.05) is 13.1 Å². The Morgan fingerprint density at radius 1 is 1.29 bits per heavy atom. The van der Waals surface area contributed by atoms with Gasteiger partial charge in [0.1, 0.15) is 12.0 Å². The van der Waals surface area contributed by atoms with E-state index in [9.17, 15) is 4.79 Å². The summed E-state index contributed by atoms with van der Waals surface area (Å²) in [6.07, 6.45) is 6.26. The van der Waals surface area contributed by atoms with Gasteiger partial charge >= 0.3 is 0 Å². The number of amides is 1. The second kappa shape index (κ2) is 8.22. The van der Waals surface area contributed by atoms with Crippen LogP contribution in [0.25, 0.3) is 0 Å². The highest BCUT2D eigenvalue weighted by Gasteiger charge is 2.23. The third-order valence-electron chi connectivity index (χ3n) is 4.36. The van der Waals surface area contributed by atoms with Gasteiger partial charge in [0.25, 0.3) is 5.91 Å². The number of nitrogens with zero attached hydrogens (tertiary/aromatic N) is 3. The Morgan fingerprint density at radius 2 is 2.12 bits per heavy atom. The van der Waals surface area contributed by atoms with E-state index in [1.165, 1.54) is 30.9 Å². The van der Waals surface area contributed by atoms with E-state index in [2.05, 4.69) is 44.5 Å². The van der Waals surface area contributed by atoms with Crippen LogP contribution in [-0.2, 0) is 6.54 Å². The van der Waals surface area contributed by atoms with Gasteiger partial charge in [0.15, 0.2) is 0 Å². The second-order valence-corrected chi connectivity index (χ2v) is 6.44. The van der Waals surface area contributed by atoms with Gasteiger partial charge in [0, 0.05) is 25.3 Å². The number of carbonyl (C=O) groups is 1. The van der Waals surface area contributed by atoms with Crippen LogP contribution < -0.4 is 5.32 Å². The number of carbonyl (C=O) groups excluding carboxylic acids is 1. The summed E-state index contributed by atoms with van der Waals surface area (Å²) in [5.74, 6) is -0.243. The summed E-state index contributed by atoms with van der Waals surface area (Å²) in [5.41, 5.74) is 1.53. The van der Waals surface area contributed by atoms with Gasteiger partial charge in [-0.15, -0.1) is 0 Å². The number of nitrogens with one attached hydrogen (secondary N) is 1. The number of halogens is 1. The van der Waals surface area contributed by atoms with Crippen molar-refractivity contribution in [3.8, 4) is 0 Å². The van der Waals surface area contributed by atoms with Crippen LogP contribution in [-0.4, -0.2) is 39.9 Å². The molecule has 0 aliphatic carbocycles. The summed E-state index contributed by atoms with van der Waals surface area (Å²) in [7, 11) is 0. The van der Waals surface area contributed by atoms with Crippen molar-refractivity contribution in [3.05, 3.63) is 59.1 Å². The van der Waals surface area contributed by atoms with Gasteiger partial charge in [0.2, 0.25) is 0 Å². The second-order valence-electron chi connectivity index (χ2n) is 6.03. The largest absolute Gasteiger partial charge is 0.349 e. The zero-order chi connectivity index (χ0) is 16.8. The standard InChI is InChI=1S/C18H21ClN4O/c19-16-11-20-13-22-17(16)18(24)21-10-15-8-4-5-9-23(15)12-14-6-2-1-3-7-14/h1-3,6-7,11,13,15H,4-5,8-10,12H2,(H,21,24)/t15-/m0/s1. The van der Waals surface area contributed by atoms with Crippen LogP contribution in [0.4, 0.5) is 0 Å². The Hall–Kier alpha value is -1.98. The molecular weight excluding hydrogens is 324 g/mol. The lowest BCUT2D eigenvalue weighted by Gasteiger charge is -2.35. The molecule has 6 heteroatoms. The van der Waals surface area contributed by atoms with Crippen LogP contribution in [0.2, 0.25) is 5.02 Å². The van der Waals surface area contributed by atoms with Crippen molar-refractivity contribution in [1.29, 1.82) is 0 Å². The third-order valence-corrected chi connectivity index (χ3v) is 4.64. The van der Waals surface area contributed by atoms with E-state index < -0.39 is 0 Å². The van der Waals surface area contributed by atoms with Crippen molar-refractivity contribution < 1.29 is 4.79 Å². The molecule has 1 aromatic carbocycles. The van der Waals surface area contributed by atoms with Crippen LogP contribution in [0, 0.1) is 0 Å². The smallest absolute Gasteiger partial charge is 0.271 e. The molecule has 1 saturated heterocycles. The van der Waals surface area contributed by atoms with E-state index in [1.807, 2.05) is 6.07 Å². The third kappa shape index (κ3) is 4.30. The van der Waals surface area contributed by atoms with Gasteiger partial charge in [-0.05, 0) is 24.9 Å². The lowest BCUT2D eigenvalue weighted by atomic mass is 10.0. The molecule has 0 bridgehead atoms. The fraction of sp³-hybridized carbons (Fsp3) is 0.389. The Labute approximate surface area is 147 Å². The number of piperidine rings is 1. The van der Waals surface area contributed by atoms with Gasteiger partial charge in [0.05, 0.1) is 5.02 Å². The van der Waals surface area contributed by atoms with E-state index in [4.69, 9.17) is 11.6 Å². The highest BCUT2D eigenvalue weighted by Crippen LogP contribution is 2.19. The predicted molar refractivity (Wildman–Crippen MR) is 93.9 cm³/mol. The van der Waals surface area contributed by atoms with E-state index in [-0.39, 0.29) is 16.6 Å². The zero-order valence-corrected chi connectivity index (χ0v) is 14.2. The lowest BCUT2D eigenvalue weighted by molar-refractivity contribution is 0.0903. The monoisotopic (exact) mass is 344 g/mol. The first-order valence-electron chi connectivity index (χ1n) is 8.25. The quantitative estimate of drug-likeness (QED) is 0.906. The summed E-state index contributed by atoms with van der Waals surface area (Å²) in [6, 6.07) is 10.8. The molecule has 2 heterocycles. The fourth-order valence-corrected chi connectivity index (χ4v) is 3.28. The van der Waals surface area contributed by atoms with E-state index in [0.29, 0.717) is 12.6 Å². The number of likely N-dealkylation sites (tertiary alicyclic amines) is 1. The van der Waals surface area contributed by atoms with E-state index >= 15 is 0 Å². The zero-order valence-electron chi connectivity index (χ0n) is 13.5. The normalized spacial score (nSPS) is 18.3. The molecule has 1 N–H and O–H groups in total. The van der Waals surface area contributed by atoms with Gasteiger partial charge in [-0.2, -0.15) is 0 Å². The SMILES string of the molecule is O=C(NC[C@@H]1CCCCN1Cc1ccccc1)c1ncncc1Cl. The van der Waals surface area contributed by atoms with Crippen LogP contribution >= 0.6 is 11.6 Å². The average Bonchev–Trinajstić information content (AvgIpc) is 2.62.